The molecule has 1 aliphatic rings. The van der Waals surface area contributed by atoms with Crippen LogP contribution < -0.4 is 10.3 Å². The first kappa shape index (κ1) is 22.1. The van der Waals surface area contributed by atoms with Crippen molar-refractivity contribution in [3.63, 3.8) is 0 Å². The Kier molecular flexibility index (Phi) is 5.63. The molecule has 0 saturated carbocycles. The van der Waals surface area contributed by atoms with E-state index in [1.54, 1.807) is 61.8 Å². The van der Waals surface area contributed by atoms with E-state index < -0.39 is 17.6 Å². The molecule has 2 heterocycles. The third-order valence-corrected chi connectivity index (χ3v) is 5.07. The fourth-order valence-electron chi connectivity index (χ4n) is 3.61. The first-order chi connectivity index (χ1) is 15.6. The zero-order chi connectivity index (χ0) is 23.8. The molecule has 3 aromatic rings. The van der Waals surface area contributed by atoms with Crippen molar-refractivity contribution in [3.05, 3.63) is 89.1 Å². The minimum absolute atomic E-state index is 0.148. The van der Waals surface area contributed by atoms with Crippen LogP contribution in [0.1, 0.15) is 34.0 Å². The topological polar surface area (TPSA) is 65.5 Å². The molecule has 0 atom stereocenters. The lowest BCUT2D eigenvalue weighted by molar-refractivity contribution is -0.137. The summed E-state index contributed by atoms with van der Waals surface area (Å²) < 4.78 is 40.3. The summed E-state index contributed by atoms with van der Waals surface area (Å²) in [5.41, 5.74) is 0.824. The number of pyridine rings is 1. The summed E-state index contributed by atoms with van der Waals surface area (Å²) in [6.45, 7) is 1.37. The number of carbonyl (C=O) groups is 2. The Morgan fingerprint density at radius 2 is 1.85 bits per heavy atom. The molecule has 9 heteroatoms. The van der Waals surface area contributed by atoms with Gasteiger partial charge in [0, 0.05) is 31.4 Å². The molecular weight excluding hydrogens is 433 g/mol. The maximum absolute atomic E-state index is 13.4. The first-order valence-electron chi connectivity index (χ1n) is 9.95. The Labute approximate surface area is 187 Å². The summed E-state index contributed by atoms with van der Waals surface area (Å²) in [6.07, 6.45) is -1.40. The van der Waals surface area contributed by atoms with E-state index in [0.717, 1.165) is 12.1 Å². The molecular formula is C24H19F3N4O2. The number of amides is 2. The van der Waals surface area contributed by atoms with Gasteiger partial charge >= 0.3 is 6.18 Å². The monoisotopic (exact) mass is 452 g/mol. The highest BCUT2D eigenvalue weighted by atomic mass is 19.4. The first-order valence-corrected chi connectivity index (χ1v) is 9.95. The predicted molar refractivity (Wildman–Crippen MR) is 119 cm³/mol. The number of nitrogens with zero attached hydrogens (tertiary/aromatic N) is 3. The Morgan fingerprint density at radius 1 is 1.06 bits per heavy atom. The van der Waals surface area contributed by atoms with E-state index in [-0.39, 0.29) is 22.7 Å². The molecule has 6 nitrogen and oxygen atoms in total. The van der Waals surface area contributed by atoms with Gasteiger partial charge in [-0.1, -0.05) is 18.2 Å². The molecule has 0 aliphatic carbocycles. The number of halogens is 3. The second kappa shape index (κ2) is 8.42. The zero-order valence-corrected chi connectivity index (χ0v) is 17.7. The van der Waals surface area contributed by atoms with Gasteiger partial charge in [-0.2, -0.15) is 13.2 Å². The molecule has 0 radical (unpaired) electrons. The number of aromatic nitrogens is 1. The number of hydrogen-bond acceptors (Lipinski definition) is 4. The molecule has 168 valence electrons. The summed E-state index contributed by atoms with van der Waals surface area (Å²) in [5, 5.41) is 5.44. The van der Waals surface area contributed by atoms with Crippen LogP contribution in [0.4, 0.5) is 24.7 Å². The average molecular weight is 452 g/mol. The van der Waals surface area contributed by atoms with Crippen molar-refractivity contribution in [3.8, 4) is 0 Å². The SMILES string of the molecule is CC(=O)Nc1cccc(C=C2c3cc(C(F)(F)F)ccc3C(=O)N2N(C)c2ccccn2)c1. The molecule has 1 N–H and O–H groups in total. The third-order valence-electron chi connectivity index (χ3n) is 5.07. The van der Waals surface area contributed by atoms with E-state index >= 15 is 0 Å². The van der Waals surface area contributed by atoms with Crippen molar-refractivity contribution in [2.75, 3.05) is 17.4 Å². The number of fused-ring (bicyclic) bond motifs is 1. The van der Waals surface area contributed by atoms with Crippen LogP contribution in [0.2, 0.25) is 0 Å². The van der Waals surface area contributed by atoms with Crippen molar-refractivity contribution in [2.45, 2.75) is 13.1 Å². The van der Waals surface area contributed by atoms with Gasteiger partial charge in [0.25, 0.3) is 5.91 Å². The van der Waals surface area contributed by atoms with Gasteiger partial charge in [-0.25, -0.2) is 9.99 Å². The van der Waals surface area contributed by atoms with Gasteiger partial charge in [0.2, 0.25) is 5.91 Å². The number of carbonyl (C=O) groups excluding carboxylic acids is 2. The third kappa shape index (κ3) is 4.43. The maximum atomic E-state index is 13.4. The largest absolute Gasteiger partial charge is 0.416 e. The Bertz CT molecular complexity index is 1260. The van der Waals surface area contributed by atoms with Crippen molar-refractivity contribution < 1.29 is 22.8 Å². The highest BCUT2D eigenvalue weighted by Gasteiger charge is 2.39. The van der Waals surface area contributed by atoms with E-state index in [0.29, 0.717) is 17.1 Å². The van der Waals surface area contributed by atoms with Gasteiger partial charge in [0.05, 0.1) is 16.8 Å². The predicted octanol–water partition coefficient (Wildman–Crippen LogP) is 5.06. The van der Waals surface area contributed by atoms with E-state index in [9.17, 15) is 22.8 Å². The van der Waals surface area contributed by atoms with Crippen LogP contribution in [0.3, 0.4) is 0 Å². The van der Waals surface area contributed by atoms with Gasteiger partial charge in [-0.3, -0.25) is 14.6 Å². The van der Waals surface area contributed by atoms with Crippen LogP contribution in [0.5, 0.6) is 0 Å². The minimum Gasteiger partial charge on any atom is -0.326 e. The number of hydrogen-bond donors (Lipinski definition) is 1. The number of alkyl halides is 3. The fourth-order valence-corrected chi connectivity index (χ4v) is 3.61. The second-order valence-electron chi connectivity index (χ2n) is 7.42. The summed E-state index contributed by atoms with van der Waals surface area (Å²) >= 11 is 0. The number of anilines is 2. The smallest absolute Gasteiger partial charge is 0.326 e. The lowest BCUT2D eigenvalue weighted by Crippen LogP contribution is -2.39. The number of nitrogens with one attached hydrogen (secondary N) is 1. The quantitative estimate of drug-likeness (QED) is 0.601. The molecule has 0 unspecified atom stereocenters. The van der Waals surface area contributed by atoms with Gasteiger partial charge in [-0.05, 0) is 54.1 Å². The molecule has 0 bridgehead atoms. The molecule has 0 fully saturated rings. The highest BCUT2D eigenvalue weighted by molar-refractivity contribution is 6.12. The summed E-state index contributed by atoms with van der Waals surface area (Å²) in [7, 11) is 1.61. The molecule has 1 aromatic heterocycles. The van der Waals surface area contributed by atoms with Crippen LogP contribution in [0.15, 0.2) is 66.9 Å². The van der Waals surface area contributed by atoms with Crippen LogP contribution in [-0.4, -0.2) is 28.9 Å². The van der Waals surface area contributed by atoms with E-state index in [1.807, 2.05) is 0 Å². The van der Waals surface area contributed by atoms with Crippen molar-refractivity contribution in [2.24, 2.45) is 0 Å². The molecule has 0 saturated heterocycles. The van der Waals surface area contributed by atoms with Gasteiger partial charge in [-0.15, -0.1) is 0 Å². The normalized spacial score (nSPS) is 14.4. The fraction of sp³-hybridized carbons (Fsp3) is 0.125. The summed E-state index contributed by atoms with van der Waals surface area (Å²) in [4.78, 5) is 28.9. The van der Waals surface area contributed by atoms with Crippen molar-refractivity contribution >= 4 is 35.1 Å². The van der Waals surface area contributed by atoms with E-state index in [2.05, 4.69) is 10.3 Å². The van der Waals surface area contributed by atoms with Gasteiger partial charge in [0.15, 0.2) is 0 Å². The lowest BCUT2D eigenvalue weighted by Gasteiger charge is -2.30. The number of hydrazine groups is 1. The van der Waals surface area contributed by atoms with Crippen LogP contribution in [0, 0.1) is 0 Å². The molecule has 33 heavy (non-hydrogen) atoms. The van der Waals surface area contributed by atoms with E-state index in [4.69, 9.17) is 0 Å². The Morgan fingerprint density at radius 3 is 2.52 bits per heavy atom. The number of benzene rings is 2. The summed E-state index contributed by atoms with van der Waals surface area (Å²) in [5.74, 6) is -0.295. The zero-order valence-electron chi connectivity index (χ0n) is 17.7. The molecule has 4 rings (SSSR count). The minimum atomic E-state index is -4.56. The van der Waals surface area contributed by atoms with Gasteiger partial charge < -0.3 is 5.32 Å². The van der Waals surface area contributed by atoms with E-state index in [1.165, 1.54) is 23.0 Å². The van der Waals surface area contributed by atoms with Crippen molar-refractivity contribution in [1.82, 2.24) is 9.99 Å². The van der Waals surface area contributed by atoms with Crippen LogP contribution >= 0.6 is 0 Å². The summed E-state index contributed by atoms with van der Waals surface area (Å²) in [6, 6.07) is 15.0. The molecule has 2 amide bonds. The van der Waals surface area contributed by atoms with Gasteiger partial charge in [0.1, 0.15) is 5.82 Å². The lowest BCUT2D eigenvalue weighted by atomic mass is 10.0. The van der Waals surface area contributed by atoms with Crippen LogP contribution in [-0.2, 0) is 11.0 Å². The maximum Gasteiger partial charge on any atom is 0.416 e. The Balaban J connectivity index is 1.87. The Hall–Kier alpha value is -4.14. The molecule has 0 spiro atoms. The molecule has 2 aromatic carbocycles. The van der Waals surface area contributed by atoms with Crippen LogP contribution in [0.25, 0.3) is 11.8 Å². The average Bonchev–Trinajstić information content (AvgIpc) is 3.04. The second-order valence-corrected chi connectivity index (χ2v) is 7.42. The van der Waals surface area contributed by atoms with Crippen molar-refractivity contribution in [1.29, 1.82) is 0 Å². The highest BCUT2D eigenvalue weighted by Crippen LogP contribution is 2.40. The standard InChI is InChI=1S/C24H19F3N4O2/c1-15(32)29-18-7-5-6-16(12-18)13-21-20-14-17(24(25,26)27)9-10-19(20)23(33)31(21)30(2)22-8-3-4-11-28-22/h3-14H,1-2H3,(H,29,32). The molecule has 1 aliphatic heterocycles. The number of rotatable bonds is 4.